The van der Waals surface area contributed by atoms with Crippen molar-refractivity contribution in [2.45, 2.75) is 31.6 Å². The highest BCUT2D eigenvalue weighted by atomic mass is 32.2. The zero-order valence-electron chi connectivity index (χ0n) is 13.3. The molecule has 0 aromatic heterocycles. The van der Waals surface area contributed by atoms with Gasteiger partial charge in [0.05, 0.1) is 4.90 Å². The Bertz CT molecular complexity index is 683. The zero-order valence-corrected chi connectivity index (χ0v) is 14.1. The lowest BCUT2D eigenvalue weighted by molar-refractivity contribution is -0.116. The molecule has 0 unspecified atom stereocenters. The van der Waals surface area contributed by atoms with E-state index in [-0.39, 0.29) is 30.3 Å². The van der Waals surface area contributed by atoms with Crippen molar-refractivity contribution < 1.29 is 22.0 Å². The molecule has 128 valence electrons. The third-order valence-corrected chi connectivity index (χ3v) is 5.90. The standard InChI is InChI=1S/C15H20F2N2O3S/c1-11(20)18(3)12-4-6-13(7-5-12)23(21,22)19-9-15(2,10-19)8-14(16)17/h4-7,14H,8-10H2,1-3H3. The molecule has 0 radical (unpaired) electrons. The second-order valence-electron chi connectivity index (χ2n) is 6.25. The minimum absolute atomic E-state index is 0.0920. The molecule has 1 aromatic rings. The van der Waals surface area contributed by atoms with Gasteiger partial charge in [-0.3, -0.25) is 4.79 Å². The Hall–Kier alpha value is -1.54. The Morgan fingerprint density at radius 3 is 2.26 bits per heavy atom. The summed E-state index contributed by atoms with van der Waals surface area (Å²) in [6, 6.07) is 5.94. The number of benzene rings is 1. The van der Waals surface area contributed by atoms with Gasteiger partial charge >= 0.3 is 0 Å². The topological polar surface area (TPSA) is 57.7 Å². The summed E-state index contributed by atoms with van der Waals surface area (Å²) in [7, 11) is -2.09. The number of sulfonamides is 1. The fraction of sp³-hybridized carbons (Fsp3) is 0.533. The lowest BCUT2D eigenvalue weighted by Gasteiger charge is -2.46. The minimum atomic E-state index is -3.69. The van der Waals surface area contributed by atoms with Gasteiger partial charge in [-0.05, 0) is 24.3 Å². The quantitative estimate of drug-likeness (QED) is 0.822. The molecule has 8 heteroatoms. The molecule has 1 aromatic carbocycles. The number of carbonyl (C=O) groups is 1. The van der Waals surface area contributed by atoms with Crippen molar-refractivity contribution in [3.05, 3.63) is 24.3 Å². The van der Waals surface area contributed by atoms with Crippen molar-refractivity contribution >= 4 is 21.6 Å². The largest absolute Gasteiger partial charge is 0.316 e. The molecule has 1 saturated heterocycles. The first-order valence-electron chi connectivity index (χ1n) is 7.18. The first-order valence-corrected chi connectivity index (χ1v) is 8.62. The minimum Gasteiger partial charge on any atom is -0.316 e. The van der Waals surface area contributed by atoms with Crippen LogP contribution in [0.25, 0.3) is 0 Å². The Morgan fingerprint density at radius 2 is 1.83 bits per heavy atom. The highest BCUT2D eigenvalue weighted by Gasteiger charge is 2.46. The van der Waals surface area contributed by atoms with E-state index < -0.39 is 21.9 Å². The molecule has 1 aliphatic rings. The van der Waals surface area contributed by atoms with Crippen molar-refractivity contribution in [3.8, 4) is 0 Å². The maximum atomic E-state index is 12.5. The van der Waals surface area contributed by atoms with Gasteiger partial charge in [0.25, 0.3) is 0 Å². The molecule has 5 nitrogen and oxygen atoms in total. The van der Waals surface area contributed by atoms with Crippen LogP contribution in [0.4, 0.5) is 14.5 Å². The molecule has 0 bridgehead atoms. The molecule has 1 heterocycles. The number of hydrogen-bond donors (Lipinski definition) is 0. The third-order valence-electron chi connectivity index (χ3n) is 4.10. The molecule has 1 fully saturated rings. The molecule has 1 aliphatic heterocycles. The van der Waals surface area contributed by atoms with Gasteiger partial charge in [0.2, 0.25) is 22.4 Å². The van der Waals surface area contributed by atoms with Crippen molar-refractivity contribution in [3.63, 3.8) is 0 Å². The fourth-order valence-electron chi connectivity index (χ4n) is 2.65. The van der Waals surface area contributed by atoms with Crippen LogP contribution in [0.5, 0.6) is 0 Å². The molecule has 0 aliphatic carbocycles. The van der Waals surface area contributed by atoms with Crippen LogP contribution in [0.2, 0.25) is 0 Å². The number of carbonyl (C=O) groups excluding carboxylic acids is 1. The Kier molecular flexibility index (Phi) is 4.77. The Labute approximate surface area is 134 Å². The van der Waals surface area contributed by atoms with Gasteiger partial charge in [-0.25, -0.2) is 17.2 Å². The number of nitrogens with zero attached hydrogens (tertiary/aromatic N) is 2. The van der Waals surface area contributed by atoms with E-state index in [1.807, 2.05) is 0 Å². The van der Waals surface area contributed by atoms with E-state index in [0.717, 1.165) is 0 Å². The summed E-state index contributed by atoms with van der Waals surface area (Å²) in [5.74, 6) is -0.161. The van der Waals surface area contributed by atoms with Crippen LogP contribution in [0.1, 0.15) is 20.3 Å². The highest BCUT2D eigenvalue weighted by Crippen LogP contribution is 2.39. The van der Waals surface area contributed by atoms with Crippen LogP contribution in [0.15, 0.2) is 29.2 Å². The summed E-state index contributed by atoms with van der Waals surface area (Å²) in [6.45, 7) is 3.26. The molecular weight excluding hydrogens is 326 g/mol. The molecule has 0 spiro atoms. The number of halogens is 2. The smallest absolute Gasteiger partial charge is 0.243 e. The van der Waals surface area contributed by atoms with E-state index in [4.69, 9.17) is 0 Å². The summed E-state index contributed by atoms with van der Waals surface area (Å²) in [5.41, 5.74) is -0.0849. The summed E-state index contributed by atoms with van der Waals surface area (Å²) < 4.78 is 51.1. The van der Waals surface area contributed by atoms with E-state index >= 15 is 0 Å². The summed E-state index contributed by atoms with van der Waals surface area (Å²) in [4.78, 5) is 12.8. The van der Waals surface area contributed by atoms with Crippen molar-refractivity contribution in [1.82, 2.24) is 4.31 Å². The van der Waals surface area contributed by atoms with Gasteiger partial charge in [-0.1, -0.05) is 6.92 Å². The Morgan fingerprint density at radius 1 is 1.30 bits per heavy atom. The van der Waals surface area contributed by atoms with Crippen LogP contribution < -0.4 is 4.90 Å². The van der Waals surface area contributed by atoms with Crippen LogP contribution in [-0.2, 0) is 14.8 Å². The monoisotopic (exact) mass is 346 g/mol. The second kappa shape index (κ2) is 6.16. The van der Waals surface area contributed by atoms with Gasteiger partial charge in [-0.15, -0.1) is 0 Å². The lowest BCUT2D eigenvalue weighted by atomic mass is 9.81. The zero-order chi connectivity index (χ0) is 17.4. The van der Waals surface area contributed by atoms with E-state index in [1.165, 1.54) is 28.3 Å². The number of hydrogen-bond acceptors (Lipinski definition) is 3. The first-order chi connectivity index (χ1) is 10.5. The number of anilines is 1. The lowest BCUT2D eigenvalue weighted by Crippen LogP contribution is -2.57. The highest BCUT2D eigenvalue weighted by molar-refractivity contribution is 7.89. The molecule has 0 N–H and O–H groups in total. The van der Waals surface area contributed by atoms with Crippen LogP contribution in [0.3, 0.4) is 0 Å². The Balaban J connectivity index is 2.11. The first kappa shape index (κ1) is 17.8. The van der Waals surface area contributed by atoms with Gasteiger partial charge < -0.3 is 4.90 Å². The molecule has 0 saturated carbocycles. The average Bonchev–Trinajstić information content (AvgIpc) is 2.43. The average molecular weight is 346 g/mol. The van der Waals surface area contributed by atoms with Gasteiger partial charge in [-0.2, -0.15) is 4.31 Å². The van der Waals surface area contributed by atoms with E-state index in [0.29, 0.717) is 5.69 Å². The predicted octanol–water partition coefficient (Wildman–Crippen LogP) is 2.34. The van der Waals surface area contributed by atoms with E-state index in [1.54, 1.807) is 26.1 Å². The molecule has 23 heavy (non-hydrogen) atoms. The summed E-state index contributed by atoms with van der Waals surface area (Å²) >= 11 is 0. The number of alkyl halides is 2. The third kappa shape index (κ3) is 3.69. The van der Waals surface area contributed by atoms with Crippen molar-refractivity contribution in [1.29, 1.82) is 0 Å². The normalized spacial score (nSPS) is 17.8. The number of rotatable bonds is 5. The van der Waals surface area contributed by atoms with Gasteiger partial charge in [0.15, 0.2) is 0 Å². The van der Waals surface area contributed by atoms with Crippen molar-refractivity contribution in [2.75, 3.05) is 25.0 Å². The summed E-state index contributed by atoms with van der Waals surface area (Å²) in [6.07, 6.45) is -2.74. The summed E-state index contributed by atoms with van der Waals surface area (Å²) in [5, 5.41) is 0. The number of amides is 1. The fourth-order valence-corrected chi connectivity index (χ4v) is 4.39. The maximum Gasteiger partial charge on any atom is 0.243 e. The van der Waals surface area contributed by atoms with Crippen LogP contribution in [-0.4, -0.2) is 45.2 Å². The molecule has 2 rings (SSSR count). The van der Waals surface area contributed by atoms with Crippen LogP contribution >= 0.6 is 0 Å². The molecule has 1 amide bonds. The van der Waals surface area contributed by atoms with E-state index in [2.05, 4.69) is 0 Å². The molecule has 0 atom stereocenters. The van der Waals surface area contributed by atoms with Gasteiger partial charge in [0.1, 0.15) is 0 Å². The second-order valence-corrected chi connectivity index (χ2v) is 8.19. The molecular formula is C15H20F2N2O3S. The predicted molar refractivity (Wildman–Crippen MR) is 83.0 cm³/mol. The van der Waals surface area contributed by atoms with Gasteiger partial charge in [0, 0.05) is 44.6 Å². The van der Waals surface area contributed by atoms with Crippen LogP contribution in [0, 0.1) is 5.41 Å². The van der Waals surface area contributed by atoms with Crippen molar-refractivity contribution in [2.24, 2.45) is 5.41 Å². The SMILES string of the molecule is CC(=O)N(C)c1ccc(S(=O)(=O)N2CC(C)(CC(F)F)C2)cc1. The maximum absolute atomic E-state index is 12.5. The van der Waals surface area contributed by atoms with E-state index in [9.17, 15) is 22.0 Å².